The molecule has 0 aliphatic heterocycles. The highest BCUT2D eigenvalue weighted by molar-refractivity contribution is 7.92. The highest BCUT2D eigenvalue weighted by atomic mass is 35.5. The van der Waals surface area contributed by atoms with Crippen LogP contribution in [0.25, 0.3) is 0 Å². The predicted molar refractivity (Wildman–Crippen MR) is 144 cm³/mol. The third kappa shape index (κ3) is 8.28. The van der Waals surface area contributed by atoms with Crippen molar-refractivity contribution < 1.29 is 22.7 Å². The molecule has 2 amide bonds. The molecule has 0 aliphatic rings. The van der Waals surface area contributed by atoms with Crippen LogP contribution >= 0.6 is 23.2 Å². The summed E-state index contributed by atoms with van der Waals surface area (Å²) in [4.78, 5) is 27.9. The summed E-state index contributed by atoms with van der Waals surface area (Å²) in [6.45, 7) is 7.49. The van der Waals surface area contributed by atoms with E-state index in [9.17, 15) is 18.0 Å². The number of benzene rings is 2. The monoisotopic (exact) mass is 557 g/mol. The minimum Gasteiger partial charge on any atom is -0.492 e. The van der Waals surface area contributed by atoms with Gasteiger partial charge in [-0.3, -0.25) is 13.9 Å². The molecule has 2 aromatic rings. The van der Waals surface area contributed by atoms with Crippen LogP contribution in [0.4, 0.5) is 5.69 Å². The van der Waals surface area contributed by atoms with E-state index in [2.05, 4.69) is 5.32 Å². The zero-order valence-corrected chi connectivity index (χ0v) is 23.5. The van der Waals surface area contributed by atoms with Crippen LogP contribution in [0.3, 0.4) is 0 Å². The van der Waals surface area contributed by atoms with Gasteiger partial charge < -0.3 is 15.0 Å². The molecule has 0 spiro atoms. The third-order valence-electron chi connectivity index (χ3n) is 5.32. The second-order valence-electron chi connectivity index (χ2n) is 8.74. The molecule has 2 rings (SSSR count). The van der Waals surface area contributed by atoms with E-state index in [1.165, 1.54) is 4.90 Å². The van der Waals surface area contributed by atoms with E-state index < -0.39 is 28.5 Å². The number of nitrogens with one attached hydrogen (secondary N) is 1. The van der Waals surface area contributed by atoms with Crippen molar-refractivity contribution in [2.75, 3.05) is 30.3 Å². The summed E-state index contributed by atoms with van der Waals surface area (Å²) < 4.78 is 32.1. The number of carbonyl (C=O) groups is 2. The number of halogens is 2. The second-order valence-corrected chi connectivity index (χ2v) is 11.5. The van der Waals surface area contributed by atoms with E-state index in [0.29, 0.717) is 34.5 Å². The first-order valence-corrected chi connectivity index (χ1v) is 14.2. The molecule has 11 heteroatoms. The fourth-order valence-corrected chi connectivity index (χ4v) is 4.73. The number of para-hydroxylation sites is 2. The largest absolute Gasteiger partial charge is 0.492 e. The number of sulfonamides is 1. The summed E-state index contributed by atoms with van der Waals surface area (Å²) in [5.74, 6) is -0.396. The summed E-state index contributed by atoms with van der Waals surface area (Å²) in [6.07, 6.45) is 1.02. The van der Waals surface area contributed by atoms with Crippen LogP contribution in [0.15, 0.2) is 42.5 Å². The van der Waals surface area contributed by atoms with Crippen molar-refractivity contribution in [3.63, 3.8) is 0 Å². The molecule has 0 bridgehead atoms. The first-order chi connectivity index (χ1) is 16.8. The molecule has 0 saturated carbocycles. The van der Waals surface area contributed by atoms with Crippen LogP contribution in [-0.4, -0.2) is 57.1 Å². The molecule has 36 heavy (non-hydrogen) atoms. The Balaban J connectivity index is 2.45. The fourth-order valence-electron chi connectivity index (χ4n) is 3.40. The van der Waals surface area contributed by atoms with Crippen LogP contribution in [-0.2, 0) is 26.2 Å². The number of hydrogen-bond donors (Lipinski definition) is 1. The SMILES string of the molecule is CCOc1ccccc1N(CC(=O)N(Cc1ccc(Cl)cc1Cl)[C@@H](C)C(=O)NCC(C)C)S(C)(=O)=O. The Morgan fingerprint density at radius 2 is 1.75 bits per heavy atom. The van der Waals surface area contributed by atoms with Gasteiger partial charge in [-0.2, -0.15) is 0 Å². The molecule has 0 fully saturated rings. The Hall–Kier alpha value is -2.49. The van der Waals surface area contributed by atoms with Gasteiger partial charge in [0.25, 0.3) is 0 Å². The summed E-state index contributed by atoms with van der Waals surface area (Å²) in [5, 5.41) is 3.59. The smallest absolute Gasteiger partial charge is 0.244 e. The molecule has 0 aliphatic carbocycles. The predicted octanol–water partition coefficient (Wildman–Crippen LogP) is 4.35. The van der Waals surface area contributed by atoms with Crippen molar-refractivity contribution in [1.29, 1.82) is 0 Å². The van der Waals surface area contributed by atoms with Gasteiger partial charge in [-0.25, -0.2) is 8.42 Å². The van der Waals surface area contributed by atoms with Crippen LogP contribution in [0.2, 0.25) is 10.0 Å². The molecule has 0 heterocycles. The molecule has 0 saturated heterocycles. The highest BCUT2D eigenvalue weighted by Crippen LogP contribution is 2.30. The molecule has 0 radical (unpaired) electrons. The summed E-state index contributed by atoms with van der Waals surface area (Å²) in [5.41, 5.74) is 0.801. The Labute approximate surface area is 223 Å². The average Bonchev–Trinajstić information content (AvgIpc) is 2.80. The van der Waals surface area contributed by atoms with Gasteiger partial charge in [0.1, 0.15) is 18.3 Å². The highest BCUT2D eigenvalue weighted by Gasteiger charge is 2.31. The molecule has 8 nitrogen and oxygen atoms in total. The molecular weight excluding hydrogens is 525 g/mol. The molecule has 0 unspecified atom stereocenters. The zero-order chi connectivity index (χ0) is 27.0. The van der Waals surface area contributed by atoms with Gasteiger partial charge in [0, 0.05) is 23.1 Å². The molecule has 1 N–H and O–H groups in total. The first kappa shape index (κ1) is 29.7. The lowest BCUT2D eigenvalue weighted by molar-refractivity contribution is -0.139. The maximum Gasteiger partial charge on any atom is 0.244 e. The van der Waals surface area contributed by atoms with Crippen molar-refractivity contribution in [1.82, 2.24) is 10.2 Å². The Bertz CT molecular complexity index is 1170. The van der Waals surface area contributed by atoms with Gasteiger partial charge in [0.05, 0.1) is 18.6 Å². The normalized spacial score (nSPS) is 12.2. The summed E-state index contributed by atoms with van der Waals surface area (Å²) >= 11 is 12.4. The standard InChI is InChI=1S/C25H33Cl2N3O5S/c1-6-35-23-10-8-7-9-22(23)30(36(5,33)34)16-24(31)29(18(4)25(32)28-14-17(2)3)15-19-11-12-20(26)13-21(19)27/h7-13,17-18H,6,14-16H2,1-5H3,(H,28,32)/t18-/m0/s1. The fraction of sp³-hybridized carbons (Fsp3) is 0.440. The molecule has 2 aromatic carbocycles. The number of anilines is 1. The second kappa shape index (κ2) is 13.2. The quantitative estimate of drug-likeness (QED) is 0.418. The van der Waals surface area contributed by atoms with Crippen LogP contribution in [0.1, 0.15) is 33.3 Å². The summed E-state index contributed by atoms with van der Waals surface area (Å²) in [6, 6.07) is 10.5. The van der Waals surface area contributed by atoms with E-state index in [-0.39, 0.29) is 24.1 Å². The van der Waals surface area contributed by atoms with Crippen LogP contribution < -0.4 is 14.4 Å². The Morgan fingerprint density at radius 1 is 1.08 bits per heavy atom. The van der Waals surface area contributed by atoms with Crippen molar-refractivity contribution in [3.05, 3.63) is 58.1 Å². The van der Waals surface area contributed by atoms with Crippen LogP contribution in [0, 0.1) is 5.92 Å². The molecule has 198 valence electrons. The number of rotatable bonds is 12. The van der Waals surface area contributed by atoms with E-state index in [1.807, 2.05) is 13.8 Å². The van der Waals surface area contributed by atoms with Crippen molar-refractivity contribution in [3.8, 4) is 5.75 Å². The van der Waals surface area contributed by atoms with Gasteiger partial charge in [-0.15, -0.1) is 0 Å². The van der Waals surface area contributed by atoms with Gasteiger partial charge in [0.15, 0.2) is 0 Å². The molecular formula is C25H33Cl2N3O5S. The van der Waals surface area contributed by atoms with Crippen molar-refractivity contribution in [2.45, 2.75) is 40.3 Å². The maximum absolute atomic E-state index is 13.6. The average molecular weight is 559 g/mol. The third-order valence-corrected chi connectivity index (χ3v) is 7.03. The Morgan fingerprint density at radius 3 is 2.33 bits per heavy atom. The lowest BCUT2D eigenvalue weighted by Gasteiger charge is -2.32. The lowest BCUT2D eigenvalue weighted by Crippen LogP contribution is -2.51. The van der Waals surface area contributed by atoms with Gasteiger partial charge >= 0.3 is 0 Å². The minimum atomic E-state index is -3.88. The van der Waals surface area contributed by atoms with Crippen LogP contribution in [0.5, 0.6) is 5.75 Å². The number of carbonyl (C=O) groups excluding carboxylic acids is 2. The number of nitrogens with zero attached hydrogens (tertiary/aromatic N) is 2. The number of amides is 2. The zero-order valence-electron chi connectivity index (χ0n) is 21.1. The minimum absolute atomic E-state index is 0.0180. The topological polar surface area (TPSA) is 96.0 Å². The number of ether oxygens (including phenoxy) is 1. The first-order valence-electron chi connectivity index (χ1n) is 11.6. The van der Waals surface area contributed by atoms with E-state index in [4.69, 9.17) is 27.9 Å². The van der Waals surface area contributed by atoms with E-state index >= 15 is 0 Å². The van der Waals surface area contributed by atoms with Crippen molar-refractivity contribution in [2.24, 2.45) is 5.92 Å². The maximum atomic E-state index is 13.6. The van der Waals surface area contributed by atoms with Gasteiger partial charge in [0.2, 0.25) is 21.8 Å². The lowest BCUT2D eigenvalue weighted by atomic mass is 10.1. The van der Waals surface area contributed by atoms with E-state index in [0.717, 1.165) is 10.6 Å². The number of hydrogen-bond acceptors (Lipinski definition) is 5. The van der Waals surface area contributed by atoms with Gasteiger partial charge in [-0.1, -0.05) is 55.2 Å². The summed E-state index contributed by atoms with van der Waals surface area (Å²) in [7, 11) is -3.88. The van der Waals surface area contributed by atoms with Crippen molar-refractivity contribution >= 4 is 50.7 Å². The Kier molecular flexibility index (Phi) is 10.9. The molecule has 0 aromatic heterocycles. The van der Waals surface area contributed by atoms with E-state index in [1.54, 1.807) is 56.3 Å². The molecule has 1 atom stereocenters. The van der Waals surface area contributed by atoms with Gasteiger partial charge in [-0.05, 0) is 49.6 Å².